The molecule has 94 valence electrons. The van der Waals surface area contributed by atoms with Crippen LogP contribution in [0.2, 0.25) is 0 Å². The van der Waals surface area contributed by atoms with Crippen LogP contribution in [0, 0.1) is 0 Å². The van der Waals surface area contributed by atoms with E-state index in [0.29, 0.717) is 6.04 Å². The van der Waals surface area contributed by atoms with Crippen LogP contribution in [0.4, 0.5) is 0 Å². The third kappa shape index (κ3) is 3.33. The number of nitrogens with one attached hydrogen (secondary N) is 1. The van der Waals surface area contributed by atoms with Crippen LogP contribution in [-0.2, 0) is 4.74 Å². The average molecular weight is 225 g/mol. The summed E-state index contributed by atoms with van der Waals surface area (Å²) in [6.45, 7) is 7.01. The van der Waals surface area contributed by atoms with Crippen LogP contribution in [0.3, 0.4) is 0 Å². The molecular weight excluding hydrogens is 198 g/mol. The molecule has 0 amide bonds. The third-order valence-corrected chi connectivity index (χ3v) is 3.85. The van der Waals surface area contributed by atoms with Gasteiger partial charge in [0.05, 0.1) is 5.60 Å². The van der Waals surface area contributed by atoms with Gasteiger partial charge < -0.3 is 10.1 Å². The van der Waals surface area contributed by atoms with Crippen molar-refractivity contribution >= 4 is 0 Å². The summed E-state index contributed by atoms with van der Waals surface area (Å²) in [7, 11) is 1.88. The van der Waals surface area contributed by atoms with Crippen LogP contribution in [0.1, 0.15) is 51.9 Å². The topological polar surface area (TPSA) is 21.3 Å². The van der Waals surface area contributed by atoms with Crippen molar-refractivity contribution in [3.8, 4) is 0 Å². The standard InChI is InChI=1S/C14H27NO/c1-4-6-10-13(15-5-2)14(16-3)11-8-7-9-12-14/h4,13,15H,1,5-12H2,2-3H3. The molecule has 0 bridgehead atoms. The molecule has 1 aliphatic carbocycles. The zero-order chi connectivity index (χ0) is 11.9. The number of allylic oxidation sites excluding steroid dienone is 1. The highest BCUT2D eigenvalue weighted by Crippen LogP contribution is 2.35. The molecule has 1 unspecified atom stereocenters. The maximum atomic E-state index is 5.89. The van der Waals surface area contributed by atoms with E-state index >= 15 is 0 Å². The maximum Gasteiger partial charge on any atom is 0.0831 e. The first-order chi connectivity index (χ1) is 7.79. The van der Waals surface area contributed by atoms with Gasteiger partial charge in [-0.15, -0.1) is 6.58 Å². The summed E-state index contributed by atoms with van der Waals surface area (Å²) in [5.74, 6) is 0. The SMILES string of the molecule is C=CCCC(NCC)C1(OC)CCCCC1. The van der Waals surface area contributed by atoms with Crippen molar-refractivity contribution in [2.75, 3.05) is 13.7 Å². The average Bonchev–Trinajstić information content (AvgIpc) is 2.35. The van der Waals surface area contributed by atoms with Crippen molar-refractivity contribution in [3.05, 3.63) is 12.7 Å². The van der Waals surface area contributed by atoms with Crippen molar-refractivity contribution in [3.63, 3.8) is 0 Å². The maximum absolute atomic E-state index is 5.89. The van der Waals surface area contributed by atoms with Gasteiger partial charge in [0.1, 0.15) is 0 Å². The lowest BCUT2D eigenvalue weighted by Crippen LogP contribution is -2.53. The molecule has 1 saturated carbocycles. The van der Waals surface area contributed by atoms with E-state index < -0.39 is 0 Å². The summed E-state index contributed by atoms with van der Waals surface area (Å²) < 4.78 is 5.89. The predicted molar refractivity (Wildman–Crippen MR) is 69.7 cm³/mol. The van der Waals surface area contributed by atoms with Crippen molar-refractivity contribution in [2.45, 2.75) is 63.5 Å². The van der Waals surface area contributed by atoms with Gasteiger partial charge in [-0.25, -0.2) is 0 Å². The Hall–Kier alpha value is -0.340. The Morgan fingerprint density at radius 1 is 1.38 bits per heavy atom. The largest absolute Gasteiger partial charge is 0.377 e. The second-order valence-corrected chi connectivity index (χ2v) is 4.81. The molecular formula is C14H27NO. The van der Waals surface area contributed by atoms with Crippen molar-refractivity contribution in [1.82, 2.24) is 5.32 Å². The highest BCUT2D eigenvalue weighted by Gasteiger charge is 2.38. The lowest BCUT2D eigenvalue weighted by Gasteiger charge is -2.43. The summed E-state index contributed by atoms with van der Waals surface area (Å²) in [4.78, 5) is 0. The minimum Gasteiger partial charge on any atom is -0.377 e. The molecule has 0 aromatic carbocycles. The number of ether oxygens (including phenoxy) is 1. The molecule has 1 N–H and O–H groups in total. The summed E-state index contributed by atoms with van der Waals surface area (Å²) in [6.07, 6.45) is 10.6. The number of hydrogen-bond donors (Lipinski definition) is 1. The molecule has 0 spiro atoms. The Bertz CT molecular complexity index is 197. The fourth-order valence-corrected chi connectivity index (χ4v) is 2.93. The first-order valence-corrected chi connectivity index (χ1v) is 6.68. The van der Waals surface area contributed by atoms with E-state index in [1.165, 1.54) is 32.1 Å². The highest BCUT2D eigenvalue weighted by atomic mass is 16.5. The van der Waals surface area contributed by atoms with Gasteiger partial charge in [0.25, 0.3) is 0 Å². The summed E-state index contributed by atoms with van der Waals surface area (Å²) in [5, 5.41) is 3.61. The summed E-state index contributed by atoms with van der Waals surface area (Å²) in [6, 6.07) is 0.487. The Kier molecular flexibility index (Phi) is 6.07. The van der Waals surface area contributed by atoms with Crippen LogP contribution in [0.5, 0.6) is 0 Å². The Labute approximate surface area is 100 Å². The van der Waals surface area contributed by atoms with Crippen LogP contribution in [0.25, 0.3) is 0 Å². The van der Waals surface area contributed by atoms with E-state index in [0.717, 1.165) is 19.4 Å². The van der Waals surface area contributed by atoms with Gasteiger partial charge in [0, 0.05) is 13.2 Å². The molecule has 2 nitrogen and oxygen atoms in total. The van der Waals surface area contributed by atoms with Gasteiger partial charge in [0.2, 0.25) is 0 Å². The van der Waals surface area contributed by atoms with Crippen LogP contribution in [0.15, 0.2) is 12.7 Å². The third-order valence-electron chi connectivity index (χ3n) is 3.85. The molecule has 1 fully saturated rings. The molecule has 1 atom stereocenters. The van der Waals surface area contributed by atoms with Crippen LogP contribution in [-0.4, -0.2) is 25.3 Å². The summed E-state index contributed by atoms with van der Waals surface area (Å²) in [5.41, 5.74) is 0.0806. The van der Waals surface area contributed by atoms with Crippen LogP contribution < -0.4 is 5.32 Å². The van der Waals surface area contributed by atoms with E-state index in [2.05, 4.69) is 18.8 Å². The Morgan fingerprint density at radius 2 is 2.06 bits per heavy atom. The second-order valence-electron chi connectivity index (χ2n) is 4.81. The normalized spacial score (nSPS) is 21.6. The summed E-state index contributed by atoms with van der Waals surface area (Å²) >= 11 is 0. The van der Waals surface area contributed by atoms with Gasteiger partial charge in [-0.05, 0) is 32.2 Å². The van der Waals surface area contributed by atoms with Gasteiger partial charge >= 0.3 is 0 Å². The molecule has 16 heavy (non-hydrogen) atoms. The molecule has 0 heterocycles. The first-order valence-electron chi connectivity index (χ1n) is 6.68. The Balaban J connectivity index is 2.65. The minimum atomic E-state index is 0.0806. The smallest absolute Gasteiger partial charge is 0.0831 e. The van der Waals surface area contributed by atoms with Crippen molar-refractivity contribution in [1.29, 1.82) is 0 Å². The second kappa shape index (κ2) is 7.08. The van der Waals surface area contributed by atoms with Crippen LogP contribution >= 0.6 is 0 Å². The predicted octanol–water partition coefficient (Wildman–Crippen LogP) is 3.28. The molecule has 0 aromatic rings. The van der Waals surface area contributed by atoms with E-state index in [4.69, 9.17) is 4.74 Å². The quantitative estimate of drug-likeness (QED) is 0.671. The number of hydrogen-bond acceptors (Lipinski definition) is 2. The monoisotopic (exact) mass is 225 g/mol. The Morgan fingerprint density at radius 3 is 2.56 bits per heavy atom. The number of likely N-dealkylation sites (N-methyl/N-ethyl adjacent to an activating group) is 1. The van der Waals surface area contributed by atoms with Gasteiger partial charge in [-0.3, -0.25) is 0 Å². The van der Waals surface area contributed by atoms with Crippen molar-refractivity contribution < 1.29 is 4.74 Å². The van der Waals surface area contributed by atoms with Gasteiger partial charge in [-0.1, -0.05) is 32.3 Å². The van der Waals surface area contributed by atoms with Gasteiger partial charge in [0.15, 0.2) is 0 Å². The number of methoxy groups -OCH3 is 1. The van der Waals surface area contributed by atoms with Crippen molar-refractivity contribution in [2.24, 2.45) is 0 Å². The van der Waals surface area contributed by atoms with E-state index in [1.54, 1.807) is 0 Å². The zero-order valence-corrected chi connectivity index (χ0v) is 10.9. The first kappa shape index (κ1) is 13.7. The van der Waals surface area contributed by atoms with E-state index in [-0.39, 0.29) is 5.60 Å². The molecule has 0 aromatic heterocycles. The fraction of sp³-hybridized carbons (Fsp3) is 0.857. The van der Waals surface area contributed by atoms with E-state index in [9.17, 15) is 0 Å². The molecule has 1 aliphatic rings. The zero-order valence-electron chi connectivity index (χ0n) is 10.9. The molecule has 1 rings (SSSR count). The lowest BCUT2D eigenvalue weighted by atomic mass is 9.77. The highest BCUT2D eigenvalue weighted by molar-refractivity contribution is 4.96. The van der Waals surface area contributed by atoms with Gasteiger partial charge in [-0.2, -0.15) is 0 Å². The fourth-order valence-electron chi connectivity index (χ4n) is 2.93. The molecule has 0 saturated heterocycles. The molecule has 0 aliphatic heterocycles. The lowest BCUT2D eigenvalue weighted by molar-refractivity contribution is -0.0687. The minimum absolute atomic E-state index is 0.0806. The number of rotatable bonds is 7. The molecule has 2 heteroatoms. The van der Waals surface area contributed by atoms with E-state index in [1.807, 2.05) is 13.2 Å². The molecule has 0 radical (unpaired) electrons.